The molecule has 0 aliphatic carbocycles. The van der Waals surface area contributed by atoms with E-state index in [-0.39, 0.29) is 0 Å². The molecule has 1 atom stereocenters. The van der Waals surface area contributed by atoms with Gasteiger partial charge in [-0.25, -0.2) is 0 Å². The van der Waals surface area contributed by atoms with Crippen molar-refractivity contribution in [3.63, 3.8) is 0 Å². The minimum atomic E-state index is -4.35. The van der Waals surface area contributed by atoms with Crippen LogP contribution >= 0.6 is 0 Å². The van der Waals surface area contributed by atoms with Gasteiger partial charge in [0.05, 0.1) is 17.8 Å². The van der Waals surface area contributed by atoms with E-state index in [0.717, 1.165) is 12.1 Å². The fourth-order valence-electron chi connectivity index (χ4n) is 1.72. The van der Waals surface area contributed by atoms with Gasteiger partial charge in [0.15, 0.2) is 0 Å². The Balaban J connectivity index is 2.36. The average molecular weight is 256 g/mol. The van der Waals surface area contributed by atoms with E-state index in [1.54, 1.807) is 6.92 Å². The van der Waals surface area contributed by atoms with E-state index in [1.807, 2.05) is 0 Å². The van der Waals surface area contributed by atoms with Gasteiger partial charge >= 0.3 is 6.18 Å². The molecule has 1 aromatic carbocycles. The fraction of sp³-hybridized carbons (Fsp3) is 0.273. The Bertz CT molecular complexity index is 534. The molecule has 1 unspecified atom stereocenters. The largest absolute Gasteiger partial charge is 0.416 e. The van der Waals surface area contributed by atoms with Crippen molar-refractivity contribution in [2.45, 2.75) is 19.1 Å². The molecule has 4 nitrogen and oxygen atoms in total. The van der Waals surface area contributed by atoms with Crippen LogP contribution in [-0.2, 0) is 6.18 Å². The number of alkyl halides is 3. The maximum absolute atomic E-state index is 12.5. The lowest BCUT2D eigenvalue weighted by Crippen LogP contribution is -2.15. The first-order chi connectivity index (χ1) is 8.39. The van der Waals surface area contributed by atoms with Crippen molar-refractivity contribution in [2.75, 3.05) is 0 Å². The topological polar surface area (TPSA) is 67.6 Å². The van der Waals surface area contributed by atoms with Crippen LogP contribution in [0.25, 0.3) is 0 Å². The summed E-state index contributed by atoms with van der Waals surface area (Å²) in [5, 5.41) is 9.86. The Morgan fingerprint density at radius 3 is 2.56 bits per heavy atom. The Kier molecular flexibility index (Phi) is 3.08. The molecule has 2 aromatic rings. The summed E-state index contributed by atoms with van der Waals surface area (Å²) in [6.45, 7) is 1.59. The Labute approximate surface area is 101 Å². The smallest absolute Gasteiger partial charge is 0.319 e. The van der Waals surface area contributed by atoms with Gasteiger partial charge in [-0.2, -0.15) is 28.6 Å². The molecule has 1 heterocycles. The van der Waals surface area contributed by atoms with Gasteiger partial charge in [0.2, 0.25) is 0 Å². The lowest BCUT2D eigenvalue weighted by molar-refractivity contribution is -0.137. The molecule has 0 amide bonds. The summed E-state index contributed by atoms with van der Waals surface area (Å²) in [4.78, 5) is 0. The zero-order valence-corrected chi connectivity index (χ0v) is 9.49. The van der Waals surface area contributed by atoms with Gasteiger partial charge < -0.3 is 5.73 Å². The molecule has 0 saturated heterocycles. The maximum Gasteiger partial charge on any atom is 0.416 e. The number of nitrogens with one attached hydrogen (secondary N) is 1. The highest BCUT2D eigenvalue weighted by Gasteiger charge is 2.31. The van der Waals surface area contributed by atoms with Crippen LogP contribution in [-0.4, -0.2) is 15.4 Å². The van der Waals surface area contributed by atoms with Crippen molar-refractivity contribution in [3.8, 4) is 0 Å². The minimum absolute atomic E-state index is 0.473. The summed E-state index contributed by atoms with van der Waals surface area (Å²) in [6, 6.07) is 2.88. The van der Waals surface area contributed by atoms with Crippen molar-refractivity contribution >= 4 is 0 Å². The van der Waals surface area contributed by atoms with E-state index in [4.69, 9.17) is 5.73 Å². The molecule has 0 aliphatic rings. The van der Waals surface area contributed by atoms with Gasteiger partial charge in [0, 0.05) is 0 Å². The molecule has 7 heteroatoms. The molecular formula is C11H11F3N4. The lowest BCUT2D eigenvalue weighted by Gasteiger charge is -2.14. The third-order valence-corrected chi connectivity index (χ3v) is 2.68. The SMILES string of the molecule is Cc1cc(C(F)(F)F)ccc1C(N)c1cn[nH]n1. The second-order valence-electron chi connectivity index (χ2n) is 3.94. The van der Waals surface area contributed by atoms with Crippen LogP contribution in [0, 0.1) is 6.92 Å². The minimum Gasteiger partial charge on any atom is -0.319 e. The summed E-state index contributed by atoms with van der Waals surface area (Å²) in [5.74, 6) is 0. The summed E-state index contributed by atoms with van der Waals surface area (Å²) in [5.41, 5.74) is 6.78. The second-order valence-corrected chi connectivity index (χ2v) is 3.94. The number of hydrogen-bond acceptors (Lipinski definition) is 3. The third-order valence-electron chi connectivity index (χ3n) is 2.68. The molecule has 0 radical (unpaired) electrons. The van der Waals surface area contributed by atoms with E-state index in [2.05, 4.69) is 15.4 Å². The number of halogens is 3. The molecule has 18 heavy (non-hydrogen) atoms. The molecule has 1 aromatic heterocycles. The Morgan fingerprint density at radius 2 is 2.06 bits per heavy atom. The number of H-pyrrole nitrogens is 1. The zero-order valence-electron chi connectivity index (χ0n) is 9.49. The summed E-state index contributed by atoms with van der Waals surface area (Å²) < 4.78 is 37.5. The highest BCUT2D eigenvalue weighted by Crippen LogP contribution is 2.32. The monoisotopic (exact) mass is 256 g/mol. The van der Waals surface area contributed by atoms with Crippen molar-refractivity contribution in [1.82, 2.24) is 15.4 Å². The van der Waals surface area contributed by atoms with Crippen LogP contribution in [0.3, 0.4) is 0 Å². The van der Waals surface area contributed by atoms with Gasteiger partial charge in [-0.1, -0.05) is 6.07 Å². The average Bonchev–Trinajstić information content (AvgIpc) is 2.80. The predicted octanol–water partition coefficient (Wildman–Crippen LogP) is 2.18. The van der Waals surface area contributed by atoms with E-state index < -0.39 is 17.8 Å². The molecule has 0 aliphatic heterocycles. The quantitative estimate of drug-likeness (QED) is 0.865. The maximum atomic E-state index is 12.5. The standard InChI is InChI=1S/C11H11F3N4/c1-6-4-7(11(12,13)14)2-3-8(6)10(15)9-5-16-18-17-9/h2-5,10H,15H2,1H3,(H,16,17,18). The van der Waals surface area contributed by atoms with Crippen LogP contribution in [0.15, 0.2) is 24.4 Å². The first kappa shape index (κ1) is 12.6. The molecule has 3 N–H and O–H groups in total. The number of nitrogens with two attached hydrogens (primary N) is 1. The first-order valence-electron chi connectivity index (χ1n) is 5.18. The van der Waals surface area contributed by atoms with Crippen LogP contribution < -0.4 is 5.73 Å². The van der Waals surface area contributed by atoms with E-state index in [9.17, 15) is 13.2 Å². The number of aromatic nitrogens is 3. The van der Waals surface area contributed by atoms with Crippen molar-refractivity contribution in [3.05, 3.63) is 46.8 Å². The number of aromatic amines is 1. The summed E-state index contributed by atoms with van der Waals surface area (Å²) in [7, 11) is 0. The summed E-state index contributed by atoms with van der Waals surface area (Å²) in [6.07, 6.45) is -2.90. The molecule has 0 bridgehead atoms. The Morgan fingerprint density at radius 1 is 1.33 bits per heavy atom. The Hall–Kier alpha value is -1.89. The van der Waals surface area contributed by atoms with Gasteiger partial charge in [-0.15, -0.1) is 0 Å². The van der Waals surface area contributed by atoms with Crippen molar-refractivity contribution in [2.24, 2.45) is 5.73 Å². The van der Waals surface area contributed by atoms with Crippen LogP contribution in [0.2, 0.25) is 0 Å². The van der Waals surface area contributed by atoms with E-state index in [1.165, 1.54) is 12.3 Å². The summed E-state index contributed by atoms with van der Waals surface area (Å²) >= 11 is 0. The molecule has 0 saturated carbocycles. The second kappa shape index (κ2) is 4.41. The van der Waals surface area contributed by atoms with Gasteiger partial charge in [-0.05, 0) is 30.2 Å². The highest BCUT2D eigenvalue weighted by atomic mass is 19.4. The lowest BCUT2D eigenvalue weighted by atomic mass is 9.97. The first-order valence-corrected chi connectivity index (χ1v) is 5.18. The molecule has 0 fully saturated rings. The van der Waals surface area contributed by atoms with Crippen LogP contribution in [0.5, 0.6) is 0 Å². The number of aryl methyl sites for hydroxylation is 1. The van der Waals surface area contributed by atoms with Gasteiger partial charge in [0.25, 0.3) is 0 Å². The normalized spacial score (nSPS) is 13.6. The number of nitrogens with zero attached hydrogens (tertiary/aromatic N) is 2. The van der Waals surface area contributed by atoms with Crippen LogP contribution in [0.1, 0.15) is 28.4 Å². The highest BCUT2D eigenvalue weighted by molar-refractivity contribution is 5.37. The van der Waals surface area contributed by atoms with E-state index >= 15 is 0 Å². The van der Waals surface area contributed by atoms with E-state index in [0.29, 0.717) is 16.8 Å². The molecule has 0 spiro atoms. The molecule has 96 valence electrons. The van der Waals surface area contributed by atoms with Gasteiger partial charge in [0.1, 0.15) is 5.69 Å². The molecule has 2 rings (SSSR count). The number of benzene rings is 1. The third kappa shape index (κ3) is 2.35. The van der Waals surface area contributed by atoms with Crippen LogP contribution in [0.4, 0.5) is 13.2 Å². The zero-order chi connectivity index (χ0) is 13.3. The fourth-order valence-corrected chi connectivity index (χ4v) is 1.72. The van der Waals surface area contributed by atoms with Crippen molar-refractivity contribution in [1.29, 1.82) is 0 Å². The molecular weight excluding hydrogens is 245 g/mol. The number of hydrogen-bond donors (Lipinski definition) is 2. The van der Waals surface area contributed by atoms with Crippen molar-refractivity contribution < 1.29 is 13.2 Å². The van der Waals surface area contributed by atoms with Gasteiger partial charge in [-0.3, -0.25) is 0 Å². The number of rotatable bonds is 2. The predicted molar refractivity (Wildman–Crippen MR) is 58.6 cm³/mol.